The maximum Gasteiger partial charge on any atom is 0.223 e. The molecule has 110 valence electrons. The van der Waals surface area contributed by atoms with Crippen LogP contribution in [-0.2, 0) is 9.59 Å². The molecule has 5 heteroatoms. The summed E-state index contributed by atoms with van der Waals surface area (Å²) in [5.41, 5.74) is 0. The highest BCUT2D eigenvalue weighted by atomic mass is 16.2. The van der Waals surface area contributed by atoms with Gasteiger partial charge in [0.05, 0.1) is 0 Å². The molecule has 1 N–H and O–H groups in total. The maximum atomic E-state index is 12.1. The second-order valence-electron chi connectivity index (χ2n) is 5.03. The lowest BCUT2D eigenvalue weighted by molar-refractivity contribution is -0.137. The monoisotopic (exact) mass is 269 g/mol. The summed E-state index contributed by atoms with van der Waals surface area (Å²) in [6, 6.07) is 0.399. The van der Waals surface area contributed by atoms with Crippen LogP contribution in [0.1, 0.15) is 39.5 Å². The highest BCUT2D eigenvalue weighted by Gasteiger charge is 2.23. The Balaban J connectivity index is 2.36. The third kappa shape index (κ3) is 4.82. The Kier molecular flexibility index (Phi) is 6.84. The summed E-state index contributed by atoms with van der Waals surface area (Å²) in [7, 11) is 1.93. The molecule has 1 unspecified atom stereocenters. The molecule has 1 fully saturated rings. The number of hydrogen-bond acceptors (Lipinski definition) is 3. The summed E-state index contributed by atoms with van der Waals surface area (Å²) in [6.45, 7) is 6.96. The minimum atomic E-state index is 0.0838. The van der Waals surface area contributed by atoms with Crippen LogP contribution in [0.5, 0.6) is 0 Å². The molecule has 0 aromatic carbocycles. The molecule has 1 aliphatic rings. The zero-order valence-electron chi connectivity index (χ0n) is 12.4. The lowest BCUT2D eigenvalue weighted by Crippen LogP contribution is -2.47. The Morgan fingerprint density at radius 2 is 1.95 bits per heavy atom. The summed E-state index contributed by atoms with van der Waals surface area (Å²) < 4.78 is 0. The SMILES string of the molecule is CCN(CC)C(=O)CCC(=O)N1CCCC(NC)C1. The van der Waals surface area contributed by atoms with E-state index in [4.69, 9.17) is 0 Å². The second-order valence-corrected chi connectivity index (χ2v) is 5.03. The molecule has 0 aromatic heterocycles. The van der Waals surface area contributed by atoms with E-state index in [1.807, 2.05) is 25.8 Å². The van der Waals surface area contributed by atoms with Gasteiger partial charge in [-0.2, -0.15) is 0 Å². The number of likely N-dealkylation sites (N-methyl/N-ethyl adjacent to an activating group) is 1. The van der Waals surface area contributed by atoms with E-state index in [0.29, 0.717) is 18.9 Å². The first kappa shape index (κ1) is 16.0. The molecule has 1 aliphatic heterocycles. The number of carbonyl (C=O) groups is 2. The van der Waals surface area contributed by atoms with Crippen molar-refractivity contribution in [2.24, 2.45) is 0 Å². The standard InChI is InChI=1S/C14H27N3O2/c1-4-16(5-2)13(18)8-9-14(19)17-10-6-7-12(11-17)15-3/h12,15H,4-11H2,1-3H3. The van der Waals surface area contributed by atoms with Crippen LogP contribution in [-0.4, -0.2) is 60.9 Å². The van der Waals surface area contributed by atoms with Crippen LogP contribution in [0, 0.1) is 0 Å². The molecular weight excluding hydrogens is 242 g/mol. The van der Waals surface area contributed by atoms with E-state index in [-0.39, 0.29) is 11.8 Å². The number of rotatable bonds is 6. The van der Waals surface area contributed by atoms with Crippen molar-refractivity contribution in [3.8, 4) is 0 Å². The van der Waals surface area contributed by atoms with Crippen molar-refractivity contribution < 1.29 is 9.59 Å². The molecule has 0 radical (unpaired) electrons. The number of nitrogens with zero attached hydrogens (tertiary/aromatic N) is 2. The number of likely N-dealkylation sites (tertiary alicyclic amines) is 1. The summed E-state index contributed by atoms with van der Waals surface area (Å²) >= 11 is 0. The maximum absolute atomic E-state index is 12.1. The topological polar surface area (TPSA) is 52.7 Å². The fourth-order valence-electron chi connectivity index (χ4n) is 2.55. The molecule has 0 aliphatic carbocycles. The number of hydrogen-bond donors (Lipinski definition) is 1. The van der Waals surface area contributed by atoms with Gasteiger partial charge in [-0.15, -0.1) is 0 Å². The molecule has 0 spiro atoms. The Bertz CT molecular complexity index is 303. The van der Waals surface area contributed by atoms with Crippen LogP contribution in [0.25, 0.3) is 0 Å². The summed E-state index contributed by atoms with van der Waals surface area (Å²) in [5, 5.41) is 3.22. The average molecular weight is 269 g/mol. The van der Waals surface area contributed by atoms with E-state index in [1.165, 1.54) is 0 Å². The largest absolute Gasteiger partial charge is 0.343 e. The first-order valence-corrected chi connectivity index (χ1v) is 7.35. The van der Waals surface area contributed by atoms with Crippen molar-refractivity contribution >= 4 is 11.8 Å². The van der Waals surface area contributed by atoms with Gasteiger partial charge in [-0.1, -0.05) is 0 Å². The van der Waals surface area contributed by atoms with Gasteiger partial charge in [0.15, 0.2) is 0 Å². The fourth-order valence-corrected chi connectivity index (χ4v) is 2.55. The van der Waals surface area contributed by atoms with E-state index < -0.39 is 0 Å². The predicted molar refractivity (Wildman–Crippen MR) is 75.8 cm³/mol. The summed E-state index contributed by atoms with van der Waals surface area (Å²) in [4.78, 5) is 27.6. The molecule has 0 aromatic rings. The average Bonchev–Trinajstić information content (AvgIpc) is 2.46. The second kappa shape index (κ2) is 8.15. The molecule has 1 heterocycles. The summed E-state index contributed by atoms with van der Waals surface area (Å²) in [5.74, 6) is 0.195. The van der Waals surface area contributed by atoms with Gasteiger partial charge in [0, 0.05) is 45.1 Å². The van der Waals surface area contributed by atoms with Crippen molar-refractivity contribution in [1.82, 2.24) is 15.1 Å². The molecule has 2 amide bonds. The van der Waals surface area contributed by atoms with Crippen LogP contribution in [0.3, 0.4) is 0 Å². The number of piperidine rings is 1. The van der Waals surface area contributed by atoms with Crippen LogP contribution >= 0.6 is 0 Å². The molecule has 19 heavy (non-hydrogen) atoms. The third-order valence-corrected chi connectivity index (χ3v) is 3.85. The van der Waals surface area contributed by atoms with Crippen LogP contribution in [0.2, 0.25) is 0 Å². The Hall–Kier alpha value is -1.10. The highest BCUT2D eigenvalue weighted by molar-refractivity contribution is 5.83. The van der Waals surface area contributed by atoms with Gasteiger partial charge in [-0.3, -0.25) is 9.59 Å². The van der Waals surface area contributed by atoms with Gasteiger partial charge in [0.2, 0.25) is 11.8 Å². The minimum Gasteiger partial charge on any atom is -0.343 e. The van der Waals surface area contributed by atoms with Crippen molar-refractivity contribution in [1.29, 1.82) is 0 Å². The van der Waals surface area contributed by atoms with Gasteiger partial charge in [-0.25, -0.2) is 0 Å². The van der Waals surface area contributed by atoms with E-state index in [9.17, 15) is 9.59 Å². The van der Waals surface area contributed by atoms with E-state index >= 15 is 0 Å². The van der Waals surface area contributed by atoms with E-state index in [1.54, 1.807) is 4.90 Å². The first-order chi connectivity index (χ1) is 9.12. The summed E-state index contributed by atoms with van der Waals surface area (Å²) in [6.07, 6.45) is 2.84. The van der Waals surface area contributed by atoms with Crippen LogP contribution < -0.4 is 5.32 Å². The molecule has 1 rings (SSSR count). The smallest absolute Gasteiger partial charge is 0.223 e. The molecule has 0 saturated carbocycles. The quantitative estimate of drug-likeness (QED) is 0.777. The Labute approximate surface area is 116 Å². The predicted octanol–water partition coefficient (Wildman–Crippen LogP) is 0.845. The van der Waals surface area contributed by atoms with Gasteiger partial charge in [0.25, 0.3) is 0 Å². The zero-order valence-corrected chi connectivity index (χ0v) is 12.4. The van der Waals surface area contributed by atoms with Crippen molar-refractivity contribution in [2.75, 3.05) is 33.2 Å². The van der Waals surface area contributed by atoms with Gasteiger partial charge < -0.3 is 15.1 Å². The van der Waals surface area contributed by atoms with E-state index in [2.05, 4.69) is 5.32 Å². The lowest BCUT2D eigenvalue weighted by Gasteiger charge is -2.32. The van der Waals surface area contributed by atoms with Crippen molar-refractivity contribution in [2.45, 2.75) is 45.6 Å². The van der Waals surface area contributed by atoms with Gasteiger partial charge in [-0.05, 0) is 33.7 Å². The van der Waals surface area contributed by atoms with Crippen LogP contribution in [0.15, 0.2) is 0 Å². The molecule has 1 saturated heterocycles. The number of carbonyl (C=O) groups excluding carboxylic acids is 2. The minimum absolute atomic E-state index is 0.0838. The lowest BCUT2D eigenvalue weighted by atomic mass is 10.1. The fraction of sp³-hybridized carbons (Fsp3) is 0.857. The van der Waals surface area contributed by atoms with Crippen molar-refractivity contribution in [3.63, 3.8) is 0 Å². The van der Waals surface area contributed by atoms with Gasteiger partial charge >= 0.3 is 0 Å². The van der Waals surface area contributed by atoms with Crippen LogP contribution in [0.4, 0.5) is 0 Å². The highest BCUT2D eigenvalue weighted by Crippen LogP contribution is 2.12. The first-order valence-electron chi connectivity index (χ1n) is 7.35. The molecule has 5 nitrogen and oxygen atoms in total. The number of nitrogens with one attached hydrogen (secondary N) is 1. The molecular formula is C14H27N3O2. The van der Waals surface area contributed by atoms with E-state index in [0.717, 1.165) is 39.0 Å². The molecule has 1 atom stereocenters. The Morgan fingerprint density at radius 3 is 2.53 bits per heavy atom. The zero-order chi connectivity index (χ0) is 14.3. The third-order valence-electron chi connectivity index (χ3n) is 3.85. The number of amides is 2. The van der Waals surface area contributed by atoms with Crippen molar-refractivity contribution in [3.05, 3.63) is 0 Å². The van der Waals surface area contributed by atoms with Gasteiger partial charge in [0.1, 0.15) is 0 Å². The molecule has 0 bridgehead atoms. The Morgan fingerprint density at radius 1 is 1.26 bits per heavy atom. The normalized spacial score (nSPS) is 19.3.